The molecular formula is C13H26N4. The normalized spacial score (nSPS) is 12.8. The Morgan fingerprint density at radius 1 is 1.41 bits per heavy atom. The van der Waals surface area contributed by atoms with Crippen LogP contribution in [0.15, 0.2) is 0 Å². The molecule has 0 spiro atoms. The predicted octanol–water partition coefficient (Wildman–Crippen LogP) is 1.85. The lowest BCUT2D eigenvalue weighted by atomic mass is 10.0. The van der Waals surface area contributed by atoms with E-state index >= 15 is 0 Å². The summed E-state index contributed by atoms with van der Waals surface area (Å²) in [5.74, 6) is 1.22. The first-order chi connectivity index (χ1) is 8.01. The molecule has 1 rings (SSSR count). The second kappa shape index (κ2) is 6.05. The van der Waals surface area contributed by atoms with E-state index in [9.17, 15) is 0 Å². The monoisotopic (exact) mass is 238 g/mol. The quantitative estimate of drug-likeness (QED) is 0.823. The number of aromatic nitrogens is 2. The van der Waals surface area contributed by atoms with E-state index in [1.54, 1.807) is 0 Å². The average Bonchev–Trinajstić information content (AvgIpc) is 2.54. The molecule has 0 aliphatic carbocycles. The van der Waals surface area contributed by atoms with E-state index in [1.165, 1.54) is 11.4 Å². The number of nitrogens with zero attached hydrogens (tertiary/aromatic N) is 3. The highest BCUT2D eigenvalue weighted by Gasteiger charge is 2.18. The van der Waals surface area contributed by atoms with Gasteiger partial charge in [-0.15, -0.1) is 0 Å². The second-order valence-corrected chi connectivity index (χ2v) is 4.81. The molecule has 98 valence electrons. The molecule has 1 aromatic rings. The maximum Gasteiger partial charge on any atom is 0.129 e. The van der Waals surface area contributed by atoms with Crippen LogP contribution in [0.1, 0.15) is 37.9 Å². The van der Waals surface area contributed by atoms with E-state index < -0.39 is 0 Å². The van der Waals surface area contributed by atoms with Gasteiger partial charge in [0.25, 0.3) is 0 Å². The van der Waals surface area contributed by atoms with Gasteiger partial charge in [-0.05, 0) is 26.2 Å². The number of aryl methyl sites for hydroxylation is 2. The molecule has 1 aromatic heterocycles. The van der Waals surface area contributed by atoms with Crippen molar-refractivity contribution in [3.8, 4) is 0 Å². The van der Waals surface area contributed by atoms with Crippen LogP contribution < -0.4 is 10.6 Å². The van der Waals surface area contributed by atoms with E-state index in [2.05, 4.69) is 37.8 Å². The van der Waals surface area contributed by atoms with Crippen molar-refractivity contribution in [1.29, 1.82) is 0 Å². The molecule has 4 heteroatoms. The smallest absolute Gasteiger partial charge is 0.129 e. The van der Waals surface area contributed by atoms with Crippen molar-refractivity contribution >= 4 is 5.82 Å². The van der Waals surface area contributed by atoms with E-state index in [1.807, 2.05) is 11.7 Å². The highest BCUT2D eigenvalue weighted by atomic mass is 15.4. The minimum absolute atomic E-state index is 0.228. The summed E-state index contributed by atoms with van der Waals surface area (Å²) in [6.45, 7) is 7.44. The molecule has 1 unspecified atom stereocenters. The van der Waals surface area contributed by atoms with Crippen molar-refractivity contribution in [1.82, 2.24) is 9.78 Å². The first-order valence-electron chi connectivity index (χ1n) is 6.50. The van der Waals surface area contributed by atoms with E-state index in [4.69, 9.17) is 5.73 Å². The van der Waals surface area contributed by atoms with Crippen LogP contribution in [0.2, 0.25) is 0 Å². The van der Waals surface area contributed by atoms with Gasteiger partial charge < -0.3 is 10.6 Å². The van der Waals surface area contributed by atoms with Gasteiger partial charge >= 0.3 is 0 Å². The summed E-state index contributed by atoms with van der Waals surface area (Å²) in [5, 5.41) is 4.52. The summed E-state index contributed by atoms with van der Waals surface area (Å²) < 4.78 is 1.97. The first-order valence-corrected chi connectivity index (χ1v) is 6.50. The molecule has 0 aromatic carbocycles. The van der Waals surface area contributed by atoms with Crippen molar-refractivity contribution in [2.24, 2.45) is 12.8 Å². The Morgan fingerprint density at radius 3 is 2.59 bits per heavy atom. The zero-order valence-corrected chi connectivity index (χ0v) is 11.8. The molecule has 1 atom stereocenters. The lowest BCUT2D eigenvalue weighted by Gasteiger charge is -2.21. The van der Waals surface area contributed by atoms with E-state index in [0.717, 1.165) is 31.5 Å². The molecule has 17 heavy (non-hydrogen) atoms. The third kappa shape index (κ3) is 3.22. The van der Waals surface area contributed by atoms with Gasteiger partial charge in [-0.3, -0.25) is 4.68 Å². The van der Waals surface area contributed by atoms with E-state index in [0.29, 0.717) is 0 Å². The fourth-order valence-electron chi connectivity index (χ4n) is 2.25. The number of anilines is 1. The average molecular weight is 238 g/mol. The van der Waals surface area contributed by atoms with Crippen LogP contribution in [0, 0.1) is 6.92 Å². The third-order valence-corrected chi connectivity index (χ3v) is 3.22. The molecule has 0 saturated carbocycles. The van der Waals surface area contributed by atoms with Crippen molar-refractivity contribution in [3.63, 3.8) is 0 Å². The summed E-state index contributed by atoms with van der Waals surface area (Å²) in [5.41, 5.74) is 8.48. The Kier molecular flexibility index (Phi) is 5.00. The Hall–Kier alpha value is -1.03. The number of rotatable bonds is 6. The van der Waals surface area contributed by atoms with Gasteiger partial charge in [0.15, 0.2) is 0 Å². The number of hydrogen-bond acceptors (Lipinski definition) is 3. The van der Waals surface area contributed by atoms with Gasteiger partial charge in [0.05, 0.1) is 5.69 Å². The standard InChI is InChI=1S/C13H26N4/c1-6-8-16(4)13-12(9-11(14)7-2)10(3)15-17(13)5/h11H,6-9,14H2,1-5H3. The molecule has 0 fully saturated rings. The van der Waals surface area contributed by atoms with Crippen LogP contribution in [-0.2, 0) is 13.5 Å². The summed E-state index contributed by atoms with van der Waals surface area (Å²) >= 11 is 0. The van der Waals surface area contributed by atoms with Gasteiger partial charge in [0.1, 0.15) is 5.82 Å². The topological polar surface area (TPSA) is 47.1 Å². The van der Waals surface area contributed by atoms with Crippen LogP contribution in [0.4, 0.5) is 5.82 Å². The Bertz CT molecular complexity index is 357. The molecule has 0 aliphatic heterocycles. The van der Waals surface area contributed by atoms with Crippen LogP contribution in [0.3, 0.4) is 0 Å². The Labute approximate surface area is 105 Å². The lowest BCUT2D eigenvalue weighted by Crippen LogP contribution is -2.25. The highest BCUT2D eigenvalue weighted by molar-refractivity contribution is 5.50. The van der Waals surface area contributed by atoms with Crippen molar-refractivity contribution in [2.75, 3.05) is 18.5 Å². The maximum absolute atomic E-state index is 6.07. The minimum Gasteiger partial charge on any atom is -0.360 e. The van der Waals surface area contributed by atoms with Gasteiger partial charge in [-0.2, -0.15) is 5.10 Å². The first kappa shape index (κ1) is 14.0. The molecule has 0 bridgehead atoms. The Balaban J connectivity index is 3.01. The third-order valence-electron chi connectivity index (χ3n) is 3.22. The predicted molar refractivity (Wildman–Crippen MR) is 73.5 cm³/mol. The number of nitrogens with two attached hydrogens (primary N) is 1. The van der Waals surface area contributed by atoms with Crippen LogP contribution >= 0.6 is 0 Å². The Morgan fingerprint density at radius 2 is 2.06 bits per heavy atom. The van der Waals surface area contributed by atoms with Gasteiger partial charge in [-0.25, -0.2) is 0 Å². The molecular weight excluding hydrogens is 212 g/mol. The summed E-state index contributed by atoms with van der Waals surface area (Å²) in [4.78, 5) is 2.28. The van der Waals surface area contributed by atoms with Crippen LogP contribution in [0.25, 0.3) is 0 Å². The molecule has 1 heterocycles. The van der Waals surface area contributed by atoms with Crippen molar-refractivity contribution < 1.29 is 0 Å². The molecule has 0 amide bonds. The largest absolute Gasteiger partial charge is 0.360 e. The van der Waals surface area contributed by atoms with Gasteiger partial charge in [0, 0.05) is 32.2 Å². The number of hydrogen-bond donors (Lipinski definition) is 1. The fraction of sp³-hybridized carbons (Fsp3) is 0.769. The van der Waals surface area contributed by atoms with E-state index in [-0.39, 0.29) is 6.04 Å². The molecule has 0 aliphatic rings. The summed E-state index contributed by atoms with van der Waals surface area (Å²) in [6.07, 6.45) is 3.06. The van der Waals surface area contributed by atoms with Crippen molar-refractivity contribution in [3.05, 3.63) is 11.3 Å². The lowest BCUT2D eigenvalue weighted by molar-refractivity contribution is 0.642. The van der Waals surface area contributed by atoms with Crippen LogP contribution in [-0.4, -0.2) is 29.4 Å². The van der Waals surface area contributed by atoms with Gasteiger partial charge in [0.2, 0.25) is 0 Å². The van der Waals surface area contributed by atoms with Gasteiger partial charge in [-0.1, -0.05) is 13.8 Å². The minimum atomic E-state index is 0.228. The molecule has 4 nitrogen and oxygen atoms in total. The maximum atomic E-state index is 6.07. The fourth-order valence-corrected chi connectivity index (χ4v) is 2.25. The SMILES string of the molecule is CCCN(C)c1c(CC(N)CC)c(C)nn1C. The summed E-state index contributed by atoms with van der Waals surface area (Å²) in [7, 11) is 4.14. The zero-order valence-electron chi connectivity index (χ0n) is 11.8. The second-order valence-electron chi connectivity index (χ2n) is 4.81. The molecule has 0 radical (unpaired) electrons. The zero-order chi connectivity index (χ0) is 13.0. The highest BCUT2D eigenvalue weighted by Crippen LogP contribution is 2.24. The van der Waals surface area contributed by atoms with Crippen LogP contribution in [0.5, 0.6) is 0 Å². The summed E-state index contributed by atoms with van der Waals surface area (Å²) in [6, 6.07) is 0.228. The molecule has 0 saturated heterocycles. The molecule has 2 N–H and O–H groups in total. The van der Waals surface area contributed by atoms with Crippen molar-refractivity contribution in [2.45, 2.75) is 46.1 Å².